The number of hydrogen-bond acceptors (Lipinski definition) is 6. The first-order valence-electron chi connectivity index (χ1n) is 6.54. The molecule has 2 aromatic rings. The predicted octanol–water partition coefficient (Wildman–Crippen LogP) is 0.227. The van der Waals surface area contributed by atoms with E-state index in [1.807, 2.05) is 0 Å². The predicted molar refractivity (Wildman–Crippen MR) is 76.5 cm³/mol. The summed E-state index contributed by atoms with van der Waals surface area (Å²) in [5, 5.41) is 11.8. The van der Waals surface area contributed by atoms with Gasteiger partial charge in [0.1, 0.15) is 11.9 Å². The largest absolute Gasteiger partial charge is 0.453 e. The van der Waals surface area contributed by atoms with Gasteiger partial charge in [0.2, 0.25) is 5.91 Å². The Hall–Kier alpha value is -2.97. The van der Waals surface area contributed by atoms with Crippen molar-refractivity contribution in [2.75, 3.05) is 7.11 Å². The number of amides is 2. The lowest BCUT2D eigenvalue weighted by Gasteiger charge is -2.12. The standard InChI is InChI=1S/C13H16N6O3/c1-8(16-13(21)22-2)12(20)15-7-10-17-11(19-18-10)9-3-5-14-6-4-9/h3-6,8H,7H2,1-2H3,(H,15,20)(H,16,21)(H,17,18,19)/t8-/m0/s1. The first kappa shape index (κ1) is 15.4. The topological polar surface area (TPSA) is 122 Å². The molecule has 0 aliphatic rings. The molecule has 0 fully saturated rings. The number of nitrogens with zero attached hydrogens (tertiary/aromatic N) is 3. The van der Waals surface area contributed by atoms with Crippen molar-refractivity contribution in [3.63, 3.8) is 0 Å². The summed E-state index contributed by atoms with van der Waals surface area (Å²) in [6, 6.07) is 2.86. The molecule has 0 saturated carbocycles. The van der Waals surface area contributed by atoms with Gasteiger partial charge in [-0.05, 0) is 19.1 Å². The highest BCUT2D eigenvalue weighted by atomic mass is 16.5. The lowest BCUT2D eigenvalue weighted by atomic mass is 10.2. The second-order valence-corrected chi connectivity index (χ2v) is 4.42. The van der Waals surface area contributed by atoms with Gasteiger partial charge < -0.3 is 15.4 Å². The quantitative estimate of drug-likeness (QED) is 0.726. The summed E-state index contributed by atoms with van der Waals surface area (Å²) in [7, 11) is 1.23. The SMILES string of the molecule is COC(=O)N[C@@H](C)C(=O)NCc1nc(-c2ccncc2)n[nH]1. The number of nitrogens with one attached hydrogen (secondary N) is 3. The Morgan fingerprint density at radius 1 is 1.36 bits per heavy atom. The number of pyridine rings is 1. The van der Waals surface area contributed by atoms with Crippen LogP contribution in [0.2, 0.25) is 0 Å². The number of hydrogen-bond donors (Lipinski definition) is 3. The summed E-state index contributed by atoms with van der Waals surface area (Å²) in [5.41, 5.74) is 0.824. The summed E-state index contributed by atoms with van der Waals surface area (Å²) in [6.45, 7) is 1.72. The van der Waals surface area contributed by atoms with Gasteiger partial charge in [-0.2, -0.15) is 5.10 Å². The minimum Gasteiger partial charge on any atom is -0.453 e. The van der Waals surface area contributed by atoms with Crippen molar-refractivity contribution >= 4 is 12.0 Å². The Labute approximate surface area is 126 Å². The summed E-state index contributed by atoms with van der Waals surface area (Å²) in [5.74, 6) is 0.671. The van der Waals surface area contributed by atoms with E-state index in [2.05, 4.69) is 35.5 Å². The molecule has 1 atom stereocenters. The number of aromatic amines is 1. The van der Waals surface area contributed by atoms with E-state index in [1.165, 1.54) is 7.11 Å². The van der Waals surface area contributed by atoms with Crippen LogP contribution in [0.3, 0.4) is 0 Å². The van der Waals surface area contributed by atoms with Crippen LogP contribution in [0.4, 0.5) is 4.79 Å². The fourth-order valence-corrected chi connectivity index (χ4v) is 1.63. The highest BCUT2D eigenvalue weighted by molar-refractivity contribution is 5.85. The third-order valence-corrected chi connectivity index (χ3v) is 2.81. The van der Waals surface area contributed by atoms with Crippen LogP contribution in [0.25, 0.3) is 11.4 Å². The van der Waals surface area contributed by atoms with E-state index < -0.39 is 12.1 Å². The van der Waals surface area contributed by atoms with Gasteiger partial charge >= 0.3 is 6.09 Å². The van der Waals surface area contributed by atoms with Crippen molar-refractivity contribution in [3.05, 3.63) is 30.4 Å². The maximum atomic E-state index is 11.8. The Bertz CT molecular complexity index is 642. The van der Waals surface area contributed by atoms with Crippen LogP contribution in [0.1, 0.15) is 12.7 Å². The average molecular weight is 304 g/mol. The normalized spacial score (nSPS) is 11.5. The third-order valence-electron chi connectivity index (χ3n) is 2.81. The fraction of sp³-hybridized carbons (Fsp3) is 0.308. The molecule has 0 unspecified atom stereocenters. The zero-order valence-electron chi connectivity index (χ0n) is 12.2. The zero-order valence-corrected chi connectivity index (χ0v) is 12.2. The number of carbonyl (C=O) groups is 2. The molecular formula is C13H16N6O3. The molecule has 0 aromatic carbocycles. The van der Waals surface area contributed by atoms with E-state index in [0.717, 1.165) is 5.56 Å². The van der Waals surface area contributed by atoms with E-state index in [1.54, 1.807) is 31.5 Å². The van der Waals surface area contributed by atoms with E-state index in [0.29, 0.717) is 11.6 Å². The minimum absolute atomic E-state index is 0.171. The lowest BCUT2D eigenvalue weighted by Crippen LogP contribution is -2.44. The second kappa shape index (κ2) is 7.16. The molecule has 0 aliphatic heterocycles. The molecule has 9 heteroatoms. The van der Waals surface area contributed by atoms with Crippen LogP contribution in [0.15, 0.2) is 24.5 Å². The van der Waals surface area contributed by atoms with Gasteiger partial charge in [-0.3, -0.25) is 14.9 Å². The van der Waals surface area contributed by atoms with Gasteiger partial charge in [0.05, 0.1) is 13.7 Å². The molecule has 2 heterocycles. The van der Waals surface area contributed by atoms with Crippen LogP contribution in [-0.2, 0) is 16.1 Å². The van der Waals surface area contributed by atoms with Gasteiger partial charge in [-0.15, -0.1) is 0 Å². The van der Waals surface area contributed by atoms with Crippen LogP contribution < -0.4 is 10.6 Å². The van der Waals surface area contributed by atoms with Crippen LogP contribution >= 0.6 is 0 Å². The van der Waals surface area contributed by atoms with Crippen molar-refractivity contribution in [1.29, 1.82) is 0 Å². The zero-order chi connectivity index (χ0) is 15.9. The molecule has 22 heavy (non-hydrogen) atoms. The lowest BCUT2D eigenvalue weighted by molar-refractivity contribution is -0.122. The Morgan fingerprint density at radius 2 is 2.09 bits per heavy atom. The van der Waals surface area contributed by atoms with Gasteiger partial charge in [-0.25, -0.2) is 9.78 Å². The third kappa shape index (κ3) is 4.01. The molecule has 0 spiro atoms. The van der Waals surface area contributed by atoms with Crippen LogP contribution in [0, 0.1) is 0 Å². The molecular weight excluding hydrogens is 288 g/mol. The van der Waals surface area contributed by atoms with Gasteiger partial charge in [0, 0.05) is 18.0 Å². The number of carbonyl (C=O) groups excluding carboxylic acids is 2. The highest BCUT2D eigenvalue weighted by Crippen LogP contribution is 2.12. The molecule has 0 saturated heterocycles. The van der Waals surface area contributed by atoms with Gasteiger partial charge in [0.25, 0.3) is 0 Å². The molecule has 3 N–H and O–H groups in total. The van der Waals surface area contributed by atoms with Crippen molar-refractivity contribution in [2.24, 2.45) is 0 Å². The van der Waals surface area contributed by atoms with E-state index in [-0.39, 0.29) is 12.5 Å². The maximum absolute atomic E-state index is 11.8. The molecule has 116 valence electrons. The number of alkyl carbamates (subject to hydrolysis) is 1. The number of ether oxygens (including phenoxy) is 1. The average Bonchev–Trinajstić information content (AvgIpc) is 3.02. The van der Waals surface area contributed by atoms with Crippen molar-refractivity contribution < 1.29 is 14.3 Å². The summed E-state index contributed by atoms with van der Waals surface area (Å²) in [4.78, 5) is 31.0. The first-order chi connectivity index (χ1) is 10.6. The summed E-state index contributed by atoms with van der Waals surface area (Å²) >= 11 is 0. The van der Waals surface area contributed by atoms with Gasteiger partial charge in [0.15, 0.2) is 5.82 Å². The second-order valence-electron chi connectivity index (χ2n) is 4.42. The Kier molecular flexibility index (Phi) is 5.02. The molecule has 2 amide bonds. The molecule has 0 radical (unpaired) electrons. The van der Waals surface area contributed by atoms with Crippen LogP contribution in [-0.4, -0.2) is 45.3 Å². The van der Waals surface area contributed by atoms with E-state index in [9.17, 15) is 9.59 Å². The van der Waals surface area contributed by atoms with E-state index in [4.69, 9.17) is 0 Å². The molecule has 0 aliphatic carbocycles. The maximum Gasteiger partial charge on any atom is 0.407 e. The molecule has 2 rings (SSSR count). The van der Waals surface area contributed by atoms with Crippen molar-refractivity contribution in [3.8, 4) is 11.4 Å². The Balaban J connectivity index is 1.88. The number of methoxy groups -OCH3 is 1. The summed E-state index contributed by atoms with van der Waals surface area (Å²) in [6.07, 6.45) is 2.63. The summed E-state index contributed by atoms with van der Waals surface area (Å²) < 4.78 is 4.42. The molecule has 9 nitrogen and oxygen atoms in total. The highest BCUT2D eigenvalue weighted by Gasteiger charge is 2.16. The van der Waals surface area contributed by atoms with Gasteiger partial charge in [-0.1, -0.05) is 0 Å². The molecule has 0 bridgehead atoms. The first-order valence-corrected chi connectivity index (χ1v) is 6.54. The number of H-pyrrole nitrogens is 1. The van der Waals surface area contributed by atoms with Crippen LogP contribution in [0.5, 0.6) is 0 Å². The number of rotatable bonds is 5. The molecule has 2 aromatic heterocycles. The van der Waals surface area contributed by atoms with E-state index >= 15 is 0 Å². The fourth-order valence-electron chi connectivity index (χ4n) is 1.63. The monoisotopic (exact) mass is 304 g/mol. The van der Waals surface area contributed by atoms with Crippen molar-refractivity contribution in [1.82, 2.24) is 30.8 Å². The Morgan fingerprint density at radius 3 is 2.77 bits per heavy atom. The minimum atomic E-state index is -0.713. The number of aromatic nitrogens is 4. The van der Waals surface area contributed by atoms with Crippen molar-refractivity contribution in [2.45, 2.75) is 19.5 Å². The smallest absolute Gasteiger partial charge is 0.407 e.